The Morgan fingerprint density at radius 2 is 2.00 bits per heavy atom. The average Bonchev–Trinajstić information content (AvgIpc) is 2.58. The maximum atomic E-state index is 12.1. The first-order chi connectivity index (χ1) is 11.5. The highest BCUT2D eigenvalue weighted by atomic mass is 16.2. The van der Waals surface area contributed by atoms with Crippen LogP contribution in [0.1, 0.15) is 43.4 Å². The van der Waals surface area contributed by atoms with Crippen LogP contribution in [0.3, 0.4) is 0 Å². The molecule has 1 aliphatic rings. The summed E-state index contributed by atoms with van der Waals surface area (Å²) in [4.78, 5) is 28.2. The zero-order valence-electron chi connectivity index (χ0n) is 14.6. The second-order valence-corrected chi connectivity index (χ2v) is 6.27. The number of urea groups is 1. The van der Waals surface area contributed by atoms with Gasteiger partial charge in [-0.15, -0.1) is 0 Å². The summed E-state index contributed by atoms with van der Waals surface area (Å²) >= 11 is 0. The lowest BCUT2D eigenvalue weighted by Crippen LogP contribution is -2.49. The number of hydrogen-bond donors (Lipinski definition) is 2. The number of aryl methyl sites for hydroxylation is 2. The lowest BCUT2D eigenvalue weighted by Gasteiger charge is -2.21. The molecule has 0 unspecified atom stereocenters. The number of fused-ring (bicyclic) bond motifs is 1. The van der Waals surface area contributed by atoms with Crippen molar-refractivity contribution >= 4 is 18.4 Å². The van der Waals surface area contributed by atoms with E-state index >= 15 is 0 Å². The maximum absolute atomic E-state index is 12.1. The number of hydrogen-bond acceptors (Lipinski definition) is 3. The van der Waals surface area contributed by atoms with Crippen molar-refractivity contribution in [3.63, 3.8) is 0 Å². The van der Waals surface area contributed by atoms with Gasteiger partial charge in [0.1, 0.15) is 0 Å². The predicted octanol–water partition coefficient (Wildman–Crippen LogP) is 2.22. The van der Waals surface area contributed by atoms with Crippen LogP contribution < -0.4 is 10.6 Å². The first-order valence-electron chi connectivity index (χ1n) is 8.41. The van der Waals surface area contributed by atoms with E-state index in [4.69, 9.17) is 0 Å². The van der Waals surface area contributed by atoms with Gasteiger partial charge in [0.15, 0.2) is 5.96 Å². The first-order valence-corrected chi connectivity index (χ1v) is 8.41. The van der Waals surface area contributed by atoms with Crippen LogP contribution in [0.25, 0.3) is 0 Å². The minimum absolute atomic E-state index is 0.207. The van der Waals surface area contributed by atoms with Crippen molar-refractivity contribution in [1.29, 1.82) is 0 Å². The van der Waals surface area contributed by atoms with Crippen molar-refractivity contribution in [2.75, 3.05) is 7.05 Å². The molecular formula is C18H26N4O2. The Hall–Kier alpha value is -2.37. The van der Waals surface area contributed by atoms with Crippen LogP contribution in [-0.4, -0.2) is 36.4 Å². The zero-order chi connectivity index (χ0) is 17.5. The number of carbonyl (C=O) groups excluding carboxylic acids is 2. The molecule has 3 amide bonds. The van der Waals surface area contributed by atoms with Gasteiger partial charge < -0.3 is 5.32 Å². The van der Waals surface area contributed by atoms with Crippen molar-refractivity contribution in [3.8, 4) is 0 Å². The van der Waals surface area contributed by atoms with Gasteiger partial charge in [0, 0.05) is 19.6 Å². The van der Waals surface area contributed by atoms with Crippen molar-refractivity contribution < 1.29 is 9.59 Å². The fraction of sp³-hybridized carbons (Fsp3) is 0.500. The number of carbonyl (C=O) groups is 2. The van der Waals surface area contributed by atoms with E-state index in [1.54, 1.807) is 20.9 Å². The number of nitrogens with one attached hydrogen (secondary N) is 2. The highest BCUT2D eigenvalue weighted by Gasteiger charge is 2.17. The Morgan fingerprint density at radius 1 is 1.29 bits per heavy atom. The van der Waals surface area contributed by atoms with Gasteiger partial charge in [-0.1, -0.05) is 18.2 Å². The summed E-state index contributed by atoms with van der Waals surface area (Å²) in [7, 11) is 1.59. The summed E-state index contributed by atoms with van der Waals surface area (Å²) in [6, 6.07) is 5.83. The molecule has 0 saturated heterocycles. The van der Waals surface area contributed by atoms with E-state index in [1.807, 2.05) is 0 Å². The molecule has 24 heavy (non-hydrogen) atoms. The molecule has 0 aromatic heterocycles. The van der Waals surface area contributed by atoms with Gasteiger partial charge in [0.05, 0.1) is 0 Å². The third-order valence-corrected chi connectivity index (χ3v) is 4.23. The number of nitrogens with zero attached hydrogens (tertiary/aromatic N) is 2. The maximum Gasteiger partial charge on any atom is 0.330 e. The molecule has 2 rings (SSSR count). The molecule has 0 radical (unpaired) electrons. The highest BCUT2D eigenvalue weighted by Crippen LogP contribution is 2.22. The second kappa shape index (κ2) is 8.47. The van der Waals surface area contributed by atoms with Gasteiger partial charge in [0.25, 0.3) is 0 Å². The molecular weight excluding hydrogens is 304 g/mol. The number of amides is 3. The van der Waals surface area contributed by atoms with Crippen molar-refractivity contribution in [1.82, 2.24) is 15.5 Å². The summed E-state index contributed by atoms with van der Waals surface area (Å²) in [5.74, 6) is 0.352. The van der Waals surface area contributed by atoms with E-state index in [9.17, 15) is 9.59 Å². The van der Waals surface area contributed by atoms with Gasteiger partial charge in [-0.05, 0) is 56.2 Å². The van der Waals surface area contributed by atoms with Crippen molar-refractivity contribution in [3.05, 3.63) is 34.9 Å². The van der Waals surface area contributed by atoms with Gasteiger partial charge in [0.2, 0.25) is 6.41 Å². The standard InChI is InChI=1S/C18H26N4O2/c1-13(2)22(12-23)18(24)21-17(19-3)20-11-14-8-9-15-6-4-5-7-16(15)10-14/h8-10,12-13H,4-7,11H2,1-3H3,(H2,19,20,21,24). The number of aliphatic imine (C=N–C) groups is 1. The Kier molecular flexibility index (Phi) is 6.35. The quantitative estimate of drug-likeness (QED) is 0.505. The summed E-state index contributed by atoms with van der Waals surface area (Å²) in [5.41, 5.74) is 4.02. The van der Waals surface area contributed by atoms with Crippen LogP contribution in [0.2, 0.25) is 0 Å². The molecule has 0 fully saturated rings. The number of guanidine groups is 1. The van der Waals surface area contributed by atoms with Gasteiger partial charge in [-0.3, -0.25) is 20.0 Å². The highest BCUT2D eigenvalue weighted by molar-refractivity contribution is 5.99. The monoisotopic (exact) mass is 330 g/mol. The summed E-state index contributed by atoms with van der Waals surface area (Å²) in [5, 5.41) is 5.74. The van der Waals surface area contributed by atoms with Crippen LogP contribution in [0.15, 0.2) is 23.2 Å². The van der Waals surface area contributed by atoms with E-state index < -0.39 is 6.03 Å². The fourth-order valence-electron chi connectivity index (χ4n) is 2.83. The van der Waals surface area contributed by atoms with Gasteiger partial charge >= 0.3 is 6.03 Å². The zero-order valence-corrected chi connectivity index (χ0v) is 14.6. The summed E-state index contributed by atoms with van der Waals surface area (Å²) < 4.78 is 0. The van der Waals surface area contributed by atoms with E-state index in [1.165, 1.54) is 24.0 Å². The molecule has 1 aromatic rings. The average molecular weight is 330 g/mol. The molecule has 130 valence electrons. The molecule has 0 bridgehead atoms. The molecule has 1 aromatic carbocycles. The smallest absolute Gasteiger partial charge is 0.330 e. The molecule has 0 spiro atoms. The molecule has 1 aliphatic carbocycles. The Bertz CT molecular complexity index is 625. The van der Waals surface area contributed by atoms with Gasteiger partial charge in [-0.2, -0.15) is 0 Å². The number of rotatable bonds is 4. The molecule has 0 saturated carbocycles. The lowest BCUT2D eigenvalue weighted by atomic mass is 9.90. The summed E-state index contributed by atoms with van der Waals surface area (Å²) in [6.07, 6.45) is 5.34. The molecule has 0 heterocycles. The van der Waals surface area contributed by atoms with Crippen LogP contribution in [0.5, 0.6) is 0 Å². The van der Waals surface area contributed by atoms with Gasteiger partial charge in [-0.25, -0.2) is 4.79 Å². The van der Waals surface area contributed by atoms with Crippen LogP contribution in [0.4, 0.5) is 4.79 Å². The van der Waals surface area contributed by atoms with E-state index in [2.05, 4.69) is 33.8 Å². The SMILES string of the molecule is CN=C(NCc1ccc2c(c1)CCCC2)NC(=O)N(C=O)C(C)C. The molecule has 0 aliphatic heterocycles. The predicted molar refractivity (Wildman–Crippen MR) is 94.9 cm³/mol. The van der Waals surface area contributed by atoms with E-state index in [-0.39, 0.29) is 6.04 Å². The van der Waals surface area contributed by atoms with E-state index in [0.717, 1.165) is 23.3 Å². The second-order valence-electron chi connectivity index (χ2n) is 6.27. The Balaban J connectivity index is 1.94. The topological polar surface area (TPSA) is 73.8 Å². The van der Waals surface area contributed by atoms with E-state index in [0.29, 0.717) is 18.9 Å². The Labute approximate surface area is 143 Å². The van der Waals surface area contributed by atoms with Crippen LogP contribution in [-0.2, 0) is 24.2 Å². The summed E-state index contributed by atoms with van der Waals surface area (Å²) in [6.45, 7) is 4.12. The first kappa shape index (κ1) is 18.0. The molecule has 6 nitrogen and oxygen atoms in total. The Morgan fingerprint density at radius 3 is 2.62 bits per heavy atom. The largest absolute Gasteiger partial charge is 0.352 e. The fourth-order valence-corrected chi connectivity index (χ4v) is 2.83. The normalized spacial score (nSPS) is 14.1. The number of imide groups is 1. The molecule has 2 N–H and O–H groups in total. The minimum atomic E-state index is -0.487. The molecule has 6 heteroatoms. The third-order valence-electron chi connectivity index (χ3n) is 4.23. The van der Waals surface area contributed by atoms with Crippen LogP contribution >= 0.6 is 0 Å². The van der Waals surface area contributed by atoms with Crippen molar-refractivity contribution in [2.24, 2.45) is 4.99 Å². The molecule has 0 atom stereocenters. The number of benzene rings is 1. The lowest BCUT2D eigenvalue weighted by molar-refractivity contribution is -0.116. The van der Waals surface area contributed by atoms with Crippen LogP contribution in [0, 0.1) is 0 Å². The minimum Gasteiger partial charge on any atom is -0.352 e. The van der Waals surface area contributed by atoms with Crippen molar-refractivity contribution in [2.45, 2.75) is 52.1 Å². The third kappa shape index (κ3) is 4.57.